The van der Waals surface area contributed by atoms with Crippen LogP contribution >= 0.6 is 36.2 Å². The molecule has 2 amide bonds. The largest absolute Gasteiger partial charge is 0.350 e. The van der Waals surface area contributed by atoms with E-state index >= 15 is 0 Å². The first-order chi connectivity index (χ1) is 8.15. The monoisotopic (exact) mass is 326 g/mol. The number of hydrogen-bond acceptors (Lipinski definition) is 5. The third-order valence-corrected chi connectivity index (χ3v) is 3.19. The molecule has 1 aromatic heterocycles. The summed E-state index contributed by atoms with van der Waals surface area (Å²) < 4.78 is 0. The Morgan fingerprint density at radius 2 is 2.16 bits per heavy atom. The molecule has 2 heterocycles. The predicted molar refractivity (Wildman–Crippen MR) is 79.6 cm³/mol. The van der Waals surface area contributed by atoms with Gasteiger partial charge in [-0.3, -0.25) is 9.59 Å². The molecule has 3 N–H and O–H groups in total. The summed E-state index contributed by atoms with van der Waals surface area (Å²) in [7, 11) is 0. The molecule has 0 spiro atoms. The average Bonchev–Trinajstić information content (AvgIpc) is 2.62. The van der Waals surface area contributed by atoms with Crippen molar-refractivity contribution in [3.8, 4) is 0 Å². The number of nitrogens with one attached hydrogen (secondary N) is 3. The first-order valence-corrected chi connectivity index (χ1v) is 6.25. The summed E-state index contributed by atoms with van der Waals surface area (Å²) in [5.74, 6) is 0.143. The molecule has 0 aliphatic carbocycles. The zero-order chi connectivity index (χ0) is 12.3. The van der Waals surface area contributed by atoms with Crippen molar-refractivity contribution in [1.82, 2.24) is 15.6 Å². The van der Waals surface area contributed by atoms with Gasteiger partial charge in [-0.05, 0) is 0 Å². The Bertz CT molecular complexity index is 437. The topological polar surface area (TPSA) is 83.1 Å². The first-order valence-electron chi connectivity index (χ1n) is 5.37. The van der Waals surface area contributed by atoms with Crippen molar-refractivity contribution < 1.29 is 9.59 Å². The van der Waals surface area contributed by atoms with E-state index in [4.69, 9.17) is 0 Å². The van der Waals surface area contributed by atoms with Gasteiger partial charge >= 0.3 is 0 Å². The minimum absolute atomic E-state index is 0. The summed E-state index contributed by atoms with van der Waals surface area (Å²) in [5, 5.41) is 10.6. The van der Waals surface area contributed by atoms with Gasteiger partial charge in [-0.1, -0.05) is 0 Å². The Balaban J connectivity index is 0.00000162. The van der Waals surface area contributed by atoms with Crippen LogP contribution in [0.2, 0.25) is 0 Å². The second kappa shape index (κ2) is 8.31. The van der Waals surface area contributed by atoms with Crippen LogP contribution in [0.3, 0.4) is 0 Å². The number of hydrogen-bond donors (Lipinski definition) is 3. The van der Waals surface area contributed by atoms with E-state index < -0.39 is 0 Å². The van der Waals surface area contributed by atoms with Crippen LogP contribution in [0.1, 0.15) is 17.4 Å². The zero-order valence-electron chi connectivity index (χ0n) is 10.3. The third kappa shape index (κ3) is 5.32. The van der Waals surface area contributed by atoms with Gasteiger partial charge in [-0.2, -0.15) is 0 Å². The molecule has 1 aliphatic rings. The van der Waals surface area contributed by atoms with Gasteiger partial charge < -0.3 is 16.0 Å². The highest BCUT2D eigenvalue weighted by Crippen LogP contribution is 2.15. The number of halogens is 2. The number of nitrogens with zero attached hydrogens (tertiary/aromatic N) is 1. The summed E-state index contributed by atoms with van der Waals surface area (Å²) in [5.41, 5.74) is 0.353. The molecule has 108 valence electrons. The van der Waals surface area contributed by atoms with E-state index in [9.17, 15) is 9.59 Å². The van der Waals surface area contributed by atoms with E-state index in [1.807, 2.05) is 0 Å². The van der Waals surface area contributed by atoms with Gasteiger partial charge in [0.25, 0.3) is 5.91 Å². The van der Waals surface area contributed by atoms with Gasteiger partial charge in [0.2, 0.25) is 5.91 Å². The van der Waals surface area contributed by atoms with Crippen LogP contribution in [0, 0.1) is 5.92 Å². The van der Waals surface area contributed by atoms with Crippen molar-refractivity contribution >= 4 is 53.1 Å². The lowest BCUT2D eigenvalue weighted by Crippen LogP contribution is -2.48. The molecule has 0 bridgehead atoms. The maximum absolute atomic E-state index is 11.7. The number of amides is 2. The molecule has 0 saturated carbocycles. The predicted octanol–water partition coefficient (Wildman–Crippen LogP) is 0.894. The van der Waals surface area contributed by atoms with Gasteiger partial charge in [0.1, 0.15) is 5.69 Å². The molecule has 1 aliphatic heterocycles. The van der Waals surface area contributed by atoms with Crippen LogP contribution in [0.25, 0.3) is 0 Å². The lowest BCUT2D eigenvalue weighted by molar-refractivity contribution is -0.114. The van der Waals surface area contributed by atoms with E-state index in [2.05, 4.69) is 20.9 Å². The molecule has 0 unspecified atom stereocenters. The fourth-order valence-electron chi connectivity index (χ4n) is 1.41. The summed E-state index contributed by atoms with van der Waals surface area (Å²) in [4.78, 5) is 26.5. The SMILES string of the molecule is CC(=O)Nc1nc(C(=O)NCC2CNC2)cs1.Cl.Cl. The van der Waals surface area contributed by atoms with Crippen molar-refractivity contribution in [2.24, 2.45) is 5.92 Å². The fourth-order valence-corrected chi connectivity index (χ4v) is 2.14. The lowest BCUT2D eigenvalue weighted by Gasteiger charge is -2.26. The number of rotatable bonds is 4. The fraction of sp³-hybridized carbons (Fsp3) is 0.500. The average molecular weight is 327 g/mol. The molecular weight excluding hydrogens is 311 g/mol. The van der Waals surface area contributed by atoms with E-state index in [1.165, 1.54) is 18.3 Å². The molecule has 0 atom stereocenters. The second-order valence-electron chi connectivity index (χ2n) is 3.95. The molecule has 2 rings (SSSR count). The van der Waals surface area contributed by atoms with Crippen LogP contribution in [0.5, 0.6) is 0 Å². The number of carbonyl (C=O) groups is 2. The summed E-state index contributed by atoms with van der Waals surface area (Å²) in [6, 6.07) is 0. The molecule has 1 saturated heterocycles. The van der Waals surface area contributed by atoms with Crippen LogP contribution in [-0.2, 0) is 4.79 Å². The quantitative estimate of drug-likeness (QED) is 0.767. The van der Waals surface area contributed by atoms with Crippen LogP contribution in [0.15, 0.2) is 5.38 Å². The smallest absolute Gasteiger partial charge is 0.270 e. The normalized spacial score (nSPS) is 13.5. The third-order valence-electron chi connectivity index (χ3n) is 2.44. The maximum Gasteiger partial charge on any atom is 0.270 e. The van der Waals surface area contributed by atoms with Crippen molar-refractivity contribution in [2.45, 2.75) is 6.92 Å². The van der Waals surface area contributed by atoms with Crippen molar-refractivity contribution in [3.05, 3.63) is 11.1 Å². The minimum Gasteiger partial charge on any atom is -0.350 e. The number of thiazole rings is 1. The van der Waals surface area contributed by atoms with Gasteiger partial charge in [0, 0.05) is 37.9 Å². The van der Waals surface area contributed by atoms with E-state index in [-0.39, 0.29) is 36.6 Å². The Morgan fingerprint density at radius 3 is 2.68 bits per heavy atom. The highest BCUT2D eigenvalue weighted by molar-refractivity contribution is 7.14. The summed E-state index contributed by atoms with van der Waals surface area (Å²) in [6.07, 6.45) is 0. The van der Waals surface area contributed by atoms with Crippen LogP contribution in [-0.4, -0.2) is 36.4 Å². The Kier molecular flexibility index (Phi) is 7.93. The zero-order valence-corrected chi connectivity index (χ0v) is 12.7. The van der Waals surface area contributed by atoms with Gasteiger partial charge in [-0.15, -0.1) is 36.2 Å². The highest BCUT2D eigenvalue weighted by Gasteiger charge is 2.18. The van der Waals surface area contributed by atoms with Crippen molar-refractivity contribution in [3.63, 3.8) is 0 Å². The lowest BCUT2D eigenvalue weighted by atomic mass is 10.0. The first kappa shape index (κ1) is 18.1. The van der Waals surface area contributed by atoms with E-state index in [1.54, 1.807) is 5.38 Å². The molecule has 19 heavy (non-hydrogen) atoms. The summed E-state index contributed by atoms with van der Waals surface area (Å²) in [6.45, 7) is 3.98. The highest BCUT2D eigenvalue weighted by atomic mass is 35.5. The number of carbonyl (C=O) groups excluding carboxylic acids is 2. The van der Waals surface area contributed by atoms with Crippen molar-refractivity contribution in [2.75, 3.05) is 25.0 Å². The molecule has 0 aromatic carbocycles. The summed E-state index contributed by atoms with van der Waals surface area (Å²) >= 11 is 1.24. The molecule has 1 aromatic rings. The van der Waals surface area contributed by atoms with Gasteiger partial charge in [0.15, 0.2) is 5.13 Å². The molecule has 9 heteroatoms. The van der Waals surface area contributed by atoms with Crippen LogP contribution in [0.4, 0.5) is 5.13 Å². The second-order valence-corrected chi connectivity index (χ2v) is 4.81. The Morgan fingerprint density at radius 1 is 1.47 bits per heavy atom. The molecule has 0 radical (unpaired) electrons. The van der Waals surface area contributed by atoms with Gasteiger partial charge in [0.05, 0.1) is 0 Å². The van der Waals surface area contributed by atoms with E-state index in [0.717, 1.165) is 13.1 Å². The molecular formula is C10H16Cl2N4O2S. The number of aromatic nitrogens is 1. The minimum atomic E-state index is -0.190. The van der Waals surface area contributed by atoms with Crippen LogP contribution < -0.4 is 16.0 Å². The Hall–Kier alpha value is -0.890. The Labute approximate surface area is 127 Å². The van der Waals surface area contributed by atoms with E-state index in [0.29, 0.717) is 23.3 Å². The molecule has 1 fully saturated rings. The van der Waals surface area contributed by atoms with Gasteiger partial charge in [-0.25, -0.2) is 4.98 Å². The molecule has 6 nitrogen and oxygen atoms in total. The van der Waals surface area contributed by atoms with Crippen molar-refractivity contribution in [1.29, 1.82) is 0 Å². The standard InChI is InChI=1S/C10H14N4O2S.2ClH/c1-6(15)13-10-14-8(5-17-10)9(16)12-4-7-2-11-3-7;;/h5,7,11H,2-4H2,1H3,(H,12,16)(H,13,14,15);2*1H. The number of anilines is 1. The maximum atomic E-state index is 11.7.